The third-order valence-corrected chi connectivity index (χ3v) is 1.65. The van der Waals surface area contributed by atoms with Gasteiger partial charge < -0.3 is 15.6 Å². The van der Waals surface area contributed by atoms with Gasteiger partial charge in [-0.1, -0.05) is 33.1 Å². The van der Waals surface area contributed by atoms with Crippen molar-refractivity contribution in [3.05, 3.63) is 37.0 Å². The third-order valence-electron chi connectivity index (χ3n) is 1.65. The van der Waals surface area contributed by atoms with E-state index in [-0.39, 0.29) is 11.5 Å². The molecule has 3 N–H and O–H groups in total. The van der Waals surface area contributed by atoms with Gasteiger partial charge in [-0.25, -0.2) is 9.59 Å². The number of primary amides is 1. The van der Waals surface area contributed by atoms with Gasteiger partial charge in [0.25, 0.3) is 0 Å². The molecule has 0 rings (SSSR count). The lowest BCUT2D eigenvalue weighted by molar-refractivity contribution is -0.139. The van der Waals surface area contributed by atoms with E-state index in [1.54, 1.807) is 6.92 Å². The molecule has 0 fully saturated rings. The van der Waals surface area contributed by atoms with Crippen LogP contribution in [0.1, 0.15) is 33.6 Å². The standard InChI is InChI=1S/C8H14O2.C4H6O2.C3H5NO/c1-4-5-6-10-8(9)7(2)3;1-3(2)4(5)6;1-2-3(4)5/h2,4-6H2,1,3H3;1H2,2H3,(H,5,6);2H,1H2,(H2,4,5). The van der Waals surface area contributed by atoms with Crippen molar-refractivity contribution in [2.45, 2.75) is 33.6 Å². The minimum absolute atomic E-state index is 0.176. The summed E-state index contributed by atoms with van der Waals surface area (Å²) in [4.78, 5) is 29.8. The molecule has 0 radical (unpaired) electrons. The number of hydrogen-bond acceptors (Lipinski definition) is 4. The first-order valence-electron chi connectivity index (χ1n) is 6.23. The molecule has 6 heteroatoms. The zero-order valence-corrected chi connectivity index (χ0v) is 13.0. The first-order valence-corrected chi connectivity index (χ1v) is 6.23. The van der Waals surface area contributed by atoms with E-state index in [1.165, 1.54) is 6.92 Å². The van der Waals surface area contributed by atoms with Gasteiger partial charge in [0.15, 0.2) is 0 Å². The summed E-state index contributed by atoms with van der Waals surface area (Å²) in [5.74, 6) is -1.70. The second-order valence-electron chi connectivity index (χ2n) is 3.96. The van der Waals surface area contributed by atoms with E-state index in [0.717, 1.165) is 18.9 Å². The summed E-state index contributed by atoms with van der Waals surface area (Å²) in [6.07, 6.45) is 3.03. The van der Waals surface area contributed by atoms with Gasteiger partial charge in [-0.15, -0.1) is 0 Å². The van der Waals surface area contributed by atoms with Gasteiger partial charge in [-0.2, -0.15) is 0 Å². The molecule has 6 nitrogen and oxygen atoms in total. The molecule has 0 saturated carbocycles. The summed E-state index contributed by atoms with van der Waals surface area (Å²) in [5, 5.41) is 7.89. The van der Waals surface area contributed by atoms with E-state index in [0.29, 0.717) is 12.2 Å². The van der Waals surface area contributed by atoms with Crippen LogP contribution in [0, 0.1) is 0 Å². The lowest BCUT2D eigenvalue weighted by Gasteiger charge is -2.01. The SMILES string of the molecule is C=C(C)C(=O)O.C=C(C)C(=O)OCCCC.C=CC(N)=O. The summed E-state index contributed by atoms with van der Waals surface area (Å²) >= 11 is 0. The molecule has 21 heavy (non-hydrogen) atoms. The average Bonchev–Trinajstić information content (AvgIpc) is 2.39. The highest BCUT2D eigenvalue weighted by Crippen LogP contribution is 1.94. The number of aliphatic carboxylic acids is 1. The van der Waals surface area contributed by atoms with Crippen LogP contribution in [-0.4, -0.2) is 29.6 Å². The number of hydrogen-bond donors (Lipinski definition) is 2. The monoisotopic (exact) mass is 299 g/mol. The minimum atomic E-state index is -0.935. The Morgan fingerprint density at radius 2 is 1.57 bits per heavy atom. The van der Waals surface area contributed by atoms with Crippen LogP contribution in [0.4, 0.5) is 0 Å². The van der Waals surface area contributed by atoms with Crippen LogP contribution in [0.25, 0.3) is 0 Å². The number of rotatable bonds is 6. The number of ether oxygens (including phenoxy) is 1. The van der Waals surface area contributed by atoms with Crippen LogP contribution in [0.3, 0.4) is 0 Å². The second kappa shape index (κ2) is 15.7. The number of carbonyl (C=O) groups is 3. The van der Waals surface area contributed by atoms with Crippen LogP contribution in [0.5, 0.6) is 0 Å². The Balaban J connectivity index is -0.000000252. The van der Waals surface area contributed by atoms with E-state index in [1.807, 2.05) is 0 Å². The van der Waals surface area contributed by atoms with E-state index < -0.39 is 11.9 Å². The summed E-state index contributed by atoms with van der Waals surface area (Å²) < 4.78 is 4.81. The van der Waals surface area contributed by atoms with Gasteiger partial charge in [0.2, 0.25) is 5.91 Å². The Morgan fingerprint density at radius 3 is 1.76 bits per heavy atom. The van der Waals surface area contributed by atoms with Gasteiger partial charge in [0, 0.05) is 11.1 Å². The molecule has 0 spiro atoms. The number of carboxylic acid groups (broad SMARTS) is 1. The van der Waals surface area contributed by atoms with Gasteiger partial charge in [-0.3, -0.25) is 4.79 Å². The molecule has 0 aromatic heterocycles. The summed E-state index contributed by atoms with van der Waals surface area (Å²) in [6.45, 7) is 15.4. The van der Waals surface area contributed by atoms with Crippen molar-refractivity contribution in [1.82, 2.24) is 0 Å². The minimum Gasteiger partial charge on any atom is -0.478 e. The summed E-state index contributed by atoms with van der Waals surface area (Å²) in [7, 11) is 0. The molecule has 0 saturated heterocycles. The molecule has 0 atom stereocenters. The Labute approximate surface area is 126 Å². The maximum absolute atomic E-state index is 10.7. The Hall–Kier alpha value is -2.37. The predicted molar refractivity (Wildman–Crippen MR) is 82.5 cm³/mol. The van der Waals surface area contributed by atoms with Gasteiger partial charge >= 0.3 is 11.9 Å². The maximum Gasteiger partial charge on any atom is 0.333 e. The van der Waals surface area contributed by atoms with Gasteiger partial charge in [-0.05, 0) is 26.3 Å². The molecule has 0 aromatic rings. The molecule has 0 unspecified atom stereocenters. The lowest BCUT2D eigenvalue weighted by atomic mass is 10.3. The predicted octanol–water partition coefficient (Wildman–Crippen LogP) is 2.21. The topological polar surface area (TPSA) is 107 Å². The molecule has 1 amide bonds. The van der Waals surface area contributed by atoms with Gasteiger partial charge in [0.05, 0.1) is 6.61 Å². The van der Waals surface area contributed by atoms with Crippen molar-refractivity contribution in [3.8, 4) is 0 Å². The molecule has 0 aromatic carbocycles. The molecule has 0 bridgehead atoms. The number of esters is 1. The molecule has 120 valence electrons. The van der Waals surface area contributed by atoms with Crippen molar-refractivity contribution >= 4 is 17.8 Å². The van der Waals surface area contributed by atoms with Crippen molar-refractivity contribution in [3.63, 3.8) is 0 Å². The quantitative estimate of drug-likeness (QED) is 0.444. The van der Waals surface area contributed by atoms with E-state index in [9.17, 15) is 14.4 Å². The fourth-order valence-corrected chi connectivity index (χ4v) is 0.432. The maximum atomic E-state index is 10.7. The normalized spacial score (nSPS) is 7.95. The Bertz CT molecular complexity index is 374. The Morgan fingerprint density at radius 1 is 1.19 bits per heavy atom. The van der Waals surface area contributed by atoms with Crippen molar-refractivity contribution in [2.24, 2.45) is 5.73 Å². The zero-order chi connectivity index (χ0) is 17.4. The first-order chi connectivity index (χ1) is 9.59. The zero-order valence-electron chi connectivity index (χ0n) is 13.0. The van der Waals surface area contributed by atoms with Crippen molar-refractivity contribution in [1.29, 1.82) is 0 Å². The van der Waals surface area contributed by atoms with Crippen LogP contribution in [0.15, 0.2) is 37.0 Å². The van der Waals surface area contributed by atoms with Gasteiger partial charge in [0.1, 0.15) is 0 Å². The van der Waals surface area contributed by atoms with Crippen molar-refractivity contribution < 1.29 is 24.2 Å². The lowest BCUT2D eigenvalue weighted by Crippen LogP contribution is -2.05. The highest BCUT2D eigenvalue weighted by atomic mass is 16.5. The van der Waals surface area contributed by atoms with Crippen LogP contribution < -0.4 is 5.73 Å². The highest BCUT2D eigenvalue weighted by Gasteiger charge is 2.00. The van der Waals surface area contributed by atoms with Crippen LogP contribution >= 0.6 is 0 Å². The second-order valence-corrected chi connectivity index (χ2v) is 3.96. The summed E-state index contributed by atoms with van der Waals surface area (Å²) in [5.41, 5.74) is 5.18. The largest absolute Gasteiger partial charge is 0.478 e. The molecule has 0 heterocycles. The van der Waals surface area contributed by atoms with Crippen LogP contribution in [0.2, 0.25) is 0 Å². The molecular formula is C15H25NO5. The van der Waals surface area contributed by atoms with E-state index in [4.69, 9.17) is 9.84 Å². The number of unbranched alkanes of at least 4 members (excludes halogenated alkanes) is 1. The molecule has 0 aliphatic heterocycles. The molecule has 0 aliphatic rings. The third kappa shape index (κ3) is 27.0. The fraction of sp³-hybridized carbons (Fsp3) is 0.400. The smallest absolute Gasteiger partial charge is 0.333 e. The Kier molecular flexibility index (Phi) is 17.7. The number of nitrogens with two attached hydrogens (primary N) is 1. The highest BCUT2D eigenvalue weighted by molar-refractivity contribution is 5.87. The number of carboxylic acids is 1. The number of carbonyl (C=O) groups excluding carboxylic acids is 2. The summed E-state index contributed by atoms with van der Waals surface area (Å²) in [6, 6.07) is 0. The molecular weight excluding hydrogens is 274 g/mol. The molecule has 0 aliphatic carbocycles. The number of amides is 1. The van der Waals surface area contributed by atoms with E-state index >= 15 is 0 Å². The average molecular weight is 299 g/mol. The van der Waals surface area contributed by atoms with Crippen LogP contribution in [-0.2, 0) is 19.1 Å². The van der Waals surface area contributed by atoms with E-state index in [2.05, 4.69) is 32.4 Å². The van der Waals surface area contributed by atoms with Crippen molar-refractivity contribution in [2.75, 3.05) is 6.61 Å². The fourth-order valence-electron chi connectivity index (χ4n) is 0.432. The first kappa shape index (κ1) is 23.7.